The van der Waals surface area contributed by atoms with Crippen molar-refractivity contribution >= 4 is 33.4 Å². The van der Waals surface area contributed by atoms with E-state index >= 15 is 0 Å². The van der Waals surface area contributed by atoms with Gasteiger partial charge in [-0.3, -0.25) is 9.59 Å². The number of carboxylic acids is 1. The van der Waals surface area contributed by atoms with Crippen molar-refractivity contribution in [2.24, 2.45) is 5.16 Å². The zero-order valence-corrected chi connectivity index (χ0v) is 22.5. The van der Waals surface area contributed by atoms with Crippen LogP contribution in [0.4, 0.5) is 5.82 Å². The molecule has 0 spiro atoms. The third-order valence-electron chi connectivity index (χ3n) is 6.24. The van der Waals surface area contributed by atoms with E-state index in [1.54, 1.807) is 48.7 Å². The molecule has 1 aliphatic rings. The fraction of sp³-hybridized carbons (Fsp3) is 0.286. The van der Waals surface area contributed by atoms with E-state index in [2.05, 4.69) is 25.5 Å². The second-order valence-corrected chi connectivity index (χ2v) is 10.9. The summed E-state index contributed by atoms with van der Waals surface area (Å²) in [5.41, 5.74) is 1.24. The first-order valence-electron chi connectivity index (χ1n) is 12.9. The van der Waals surface area contributed by atoms with Crippen molar-refractivity contribution < 1.29 is 28.0 Å². The lowest BCUT2D eigenvalue weighted by molar-refractivity contribution is -0.138. The van der Waals surface area contributed by atoms with Gasteiger partial charge < -0.3 is 20.6 Å². The molecular weight excluding hydrogens is 534 g/mol. The van der Waals surface area contributed by atoms with Gasteiger partial charge >= 0.3 is 5.97 Å². The molecular formula is C28H31N5O6S. The summed E-state index contributed by atoms with van der Waals surface area (Å²) in [7, 11) is -4.24. The van der Waals surface area contributed by atoms with Crippen molar-refractivity contribution in [1.29, 1.82) is 0 Å². The van der Waals surface area contributed by atoms with Gasteiger partial charge in [-0.05, 0) is 43.0 Å². The largest absolute Gasteiger partial charge is 0.480 e. The first-order chi connectivity index (χ1) is 19.3. The number of pyridine rings is 1. The fourth-order valence-corrected chi connectivity index (χ4v) is 5.60. The number of anilines is 1. The van der Waals surface area contributed by atoms with E-state index in [1.807, 2.05) is 24.3 Å². The Bertz CT molecular complexity index is 1430. The predicted octanol–water partition coefficient (Wildman–Crippen LogP) is 3.02. The zero-order valence-electron chi connectivity index (χ0n) is 21.7. The number of oxime groups is 1. The maximum Gasteiger partial charge on any atom is 0.323 e. The molecule has 2 heterocycles. The van der Waals surface area contributed by atoms with Crippen LogP contribution in [0.2, 0.25) is 0 Å². The van der Waals surface area contributed by atoms with Crippen molar-refractivity contribution in [3.05, 3.63) is 79.0 Å². The number of hydrogen-bond donors (Lipinski definition) is 4. The van der Waals surface area contributed by atoms with Crippen molar-refractivity contribution in [1.82, 2.24) is 15.0 Å². The maximum atomic E-state index is 13.2. The molecule has 1 aliphatic heterocycles. The van der Waals surface area contributed by atoms with Crippen molar-refractivity contribution in [2.75, 3.05) is 18.4 Å². The zero-order chi connectivity index (χ0) is 28.4. The van der Waals surface area contributed by atoms with Gasteiger partial charge in [0.15, 0.2) is 0 Å². The van der Waals surface area contributed by atoms with Gasteiger partial charge in [-0.2, -0.15) is 4.72 Å². The van der Waals surface area contributed by atoms with Gasteiger partial charge in [-0.25, -0.2) is 13.4 Å². The molecule has 0 fully saturated rings. The first-order valence-corrected chi connectivity index (χ1v) is 14.4. The van der Waals surface area contributed by atoms with Crippen molar-refractivity contribution in [2.45, 2.75) is 42.7 Å². The minimum Gasteiger partial charge on any atom is -0.480 e. The third kappa shape index (κ3) is 7.87. The molecule has 3 aromatic rings. The molecule has 0 saturated heterocycles. The quantitative estimate of drug-likeness (QED) is 0.217. The van der Waals surface area contributed by atoms with E-state index < -0.39 is 34.5 Å². The Labute approximate surface area is 232 Å². The Hall–Kier alpha value is -4.29. The van der Waals surface area contributed by atoms with Crippen LogP contribution in [0.3, 0.4) is 0 Å². The molecule has 11 nitrogen and oxygen atoms in total. The molecule has 1 amide bonds. The summed E-state index contributed by atoms with van der Waals surface area (Å²) in [5, 5.41) is 19.2. The molecule has 12 heteroatoms. The Balaban J connectivity index is 1.26. The van der Waals surface area contributed by atoms with E-state index in [1.165, 1.54) is 6.07 Å². The topological polar surface area (TPSA) is 159 Å². The van der Waals surface area contributed by atoms with Crippen molar-refractivity contribution in [3.8, 4) is 11.1 Å². The maximum absolute atomic E-state index is 13.2. The lowest BCUT2D eigenvalue weighted by Crippen LogP contribution is -2.49. The predicted molar refractivity (Wildman–Crippen MR) is 150 cm³/mol. The molecule has 2 atom stereocenters. The number of carbonyl (C=O) groups is 2. The van der Waals surface area contributed by atoms with Crippen LogP contribution in [0.25, 0.3) is 11.1 Å². The number of benzene rings is 2. The van der Waals surface area contributed by atoms with E-state index in [9.17, 15) is 23.1 Å². The number of aromatic nitrogens is 1. The smallest absolute Gasteiger partial charge is 0.323 e. The van der Waals surface area contributed by atoms with Gasteiger partial charge in [0, 0.05) is 31.3 Å². The average molecular weight is 566 g/mol. The van der Waals surface area contributed by atoms with Gasteiger partial charge in [-0.15, -0.1) is 0 Å². The molecule has 0 bridgehead atoms. The van der Waals surface area contributed by atoms with Crippen LogP contribution in [-0.2, 0) is 24.4 Å². The normalized spacial score (nSPS) is 15.5. The van der Waals surface area contributed by atoms with Gasteiger partial charge in [0.2, 0.25) is 10.0 Å². The number of nitrogens with one attached hydrogen (secondary N) is 3. The van der Waals surface area contributed by atoms with Crippen LogP contribution in [0, 0.1) is 0 Å². The van der Waals surface area contributed by atoms with Gasteiger partial charge in [-0.1, -0.05) is 59.8 Å². The van der Waals surface area contributed by atoms with Gasteiger partial charge in [0.05, 0.1) is 4.90 Å². The molecule has 0 saturated carbocycles. The molecule has 2 unspecified atom stereocenters. The SMILES string of the molecule is O=C(NCC(NS(=O)(=O)c1ccccc1-c1ccccc1)C(=O)O)C1=NOC(CCCCNc2ccccn2)C1. The van der Waals surface area contributed by atoms with E-state index in [-0.39, 0.29) is 23.1 Å². The number of rotatable bonds is 14. The van der Waals surface area contributed by atoms with Crippen LogP contribution < -0.4 is 15.4 Å². The number of carboxylic acid groups (broad SMARTS) is 1. The van der Waals surface area contributed by atoms with Crippen LogP contribution >= 0.6 is 0 Å². The highest BCUT2D eigenvalue weighted by atomic mass is 32.2. The molecule has 0 radical (unpaired) electrons. The second-order valence-electron chi connectivity index (χ2n) is 9.19. The fourth-order valence-electron chi connectivity index (χ4n) is 4.18. The summed E-state index contributed by atoms with van der Waals surface area (Å²) in [6.45, 7) is 0.282. The Morgan fingerprint density at radius 1 is 1.00 bits per heavy atom. The minimum atomic E-state index is -4.24. The monoisotopic (exact) mass is 565 g/mol. The lowest BCUT2D eigenvalue weighted by Gasteiger charge is -2.17. The molecule has 4 rings (SSSR count). The number of unbranched alkanes of at least 4 members (excludes halogenated alkanes) is 1. The van der Waals surface area contributed by atoms with E-state index in [0.29, 0.717) is 17.5 Å². The highest BCUT2D eigenvalue weighted by Gasteiger charge is 2.30. The number of carbonyl (C=O) groups excluding carboxylic acids is 1. The minimum absolute atomic E-state index is 0.0644. The number of nitrogens with zero attached hydrogens (tertiary/aromatic N) is 2. The second kappa shape index (κ2) is 13.7. The number of hydrogen-bond acceptors (Lipinski definition) is 8. The molecule has 4 N–H and O–H groups in total. The summed E-state index contributed by atoms with van der Waals surface area (Å²) in [6, 6.07) is 19.3. The summed E-state index contributed by atoms with van der Waals surface area (Å²) in [6.07, 6.45) is 4.18. The molecule has 1 aromatic heterocycles. The number of amides is 1. The van der Waals surface area contributed by atoms with Crippen LogP contribution in [0.1, 0.15) is 25.7 Å². The van der Waals surface area contributed by atoms with E-state index in [4.69, 9.17) is 4.84 Å². The summed E-state index contributed by atoms with van der Waals surface area (Å²) in [5.74, 6) is -1.22. The van der Waals surface area contributed by atoms with Crippen LogP contribution in [-0.4, -0.2) is 61.3 Å². The van der Waals surface area contributed by atoms with Gasteiger partial charge in [0.25, 0.3) is 5.91 Å². The molecule has 0 aliphatic carbocycles. The van der Waals surface area contributed by atoms with Gasteiger partial charge in [0.1, 0.15) is 23.7 Å². The molecule has 210 valence electrons. The third-order valence-corrected chi connectivity index (χ3v) is 7.77. The van der Waals surface area contributed by atoms with Crippen LogP contribution in [0.5, 0.6) is 0 Å². The summed E-state index contributed by atoms with van der Waals surface area (Å²) < 4.78 is 28.5. The Morgan fingerprint density at radius 3 is 2.50 bits per heavy atom. The highest BCUT2D eigenvalue weighted by molar-refractivity contribution is 7.89. The summed E-state index contributed by atoms with van der Waals surface area (Å²) in [4.78, 5) is 34.0. The molecule has 2 aromatic carbocycles. The van der Waals surface area contributed by atoms with Crippen LogP contribution in [0.15, 0.2) is 89.0 Å². The lowest BCUT2D eigenvalue weighted by atomic mass is 10.1. The van der Waals surface area contributed by atoms with Crippen molar-refractivity contribution in [3.63, 3.8) is 0 Å². The first kappa shape index (κ1) is 28.7. The Morgan fingerprint density at radius 2 is 1.75 bits per heavy atom. The number of sulfonamides is 1. The number of aliphatic carboxylic acids is 1. The van der Waals surface area contributed by atoms with E-state index in [0.717, 1.165) is 25.2 Å². The standard InChI is InChI=1S/C28H31N5O6S/c34-27(23-18-21(39-32-23)12-6-8-16-29-26-15-7-9-17-30-26)31-19-24(28(35)36)33-40(37,38)25-14-5-4-13-22(25)20-10-2-1-3-11-20/h1-5,7,9-11,13-15,17,21,24,33H,6,8,12,16,18-19H2,(H,29,30)(H,31,34)(H,35,36). The Kier molecular flexibility index (Phi) is 9.81. The summed E-state index contributed by atoms with van der Waals surface area (Å²) >= 11 is 0. The average Bonchev–Trinajstić information content (AvgIpc) is 3.45. The molecule has 40 heavy (non-hydrogen) atoms. The highest BCUT2D eigenvalue weighted by Crippen LogP contribution is 2.27.